The predicted octanol–water partition coefficient (Wildman–Crippen LogP) is 2.78. The minimum atomic E-state index is -0.533. The second-order valence-electron chi connectivity index (χ2n) is 6.77. The van der Waals surface area contributed by atoms with Crippen LogP contribution in [-0.4, -0.2) is 37.1 Å². The molecule has 0 bridgehead atoms. The minimum absolute atomic E-state index is 0.0152. The summed E-state index contributed by atoms with van der Waals surface area (Å²) in [5.41, 5.74) is 7.97. The van der Waals surface area contributed by atoms with Crippen molar-refractivity contribution in [3.8, 4) is 0 Å². The molecule has 30 heavy (non-hydrogen) atoms. The zero-order valence-corrected chi connectivity index (χ0v) is 17.8. The number of thioether (sulfide) groups is 1. The van der Waals surface area contributed by atoms with E-state index in [-0.39, 0.29) is 11.3 Å². The van der Waals surface area contributed by atoms with Crippen molar-refractivity contribution >= 4 is 29.4 Å². The number of fused-ring (bicyclic) bond motifs is 1. The van der Waals surface area contributed by atoms with Crippen LogP contribution >= 0.6 is 11.8 Å². The molecule has 2 N–H and O–H groups in total. The second-order valence-corrected chi connectivity index (χ2v) is 7.71. The number of aromatic nitrogens is 4. The molecule has 2 heterocycles. The Labute approximate surface area is 177 Å². The first-order valence-corrected chi connectivity index (χ1v) is 10.6. The summed E-state index contributed by atoms with van der Waals surface area (Å²) < 4.78 is 14.6. The van der Waals surface area contributed by atoms with Crippen molar-refractivity contribution in [1.29, 1.82) is 0 Å². The van der Waals surface area contributed by atoms with E-state index in [1.807, 2.05) is 13.8 Å². The highest BCUT2D eigenvalue weighted by Crippen LogP contribution is 2.19. The van der Waals surface area contributed by atoms with Crippen LogP contribution in [0.5, 0.6) is 0 Å². The number of nitrogens with one attached hydrogen (secondary N) is 2. The van der Waals surface area contributed by atoms with Gasteiger partial charge in [-0.1, -0.05) is 25.1 Å². The molecule has 3 rings (SSSR count). The Morgan fingerprint density at radius 2 is 1.87 bits per heavy atom. The van der Waals surface area contributed by atoms with Crippen LogP contribution < -0.4 is 10.9 Å². The Morgan fingerprint density at radius 1 is 1.13 bits per heavy atom. The van der Waals surface area contributed by atoms with Gasteiger partial charge in [0.05, 0.1) is 5.75 Å². The zero-order chi connectivity index (χ0) is 21.7. The molecule has 0 atom stereocenters. The lowest BCUT2D eigenvalue weighted by molar-refractivity contribution is -0.119. The molecule has 0 saturated carbocycles. The van der Waals surface area contributed by atoms with Crippen LogP contribution in [0.1, 0.15) is 47.1 Å². The van der Waals surface area contributed by atoms with E-state index in [1.165, 1.54) is 29.8 Å². The molecule has 2 amide bonds. The molecule has 0 aliphatic heterocycles. The van der Waals surface area contributed by atoms with E-state index in [1.54, 1.807) is 4.52 Å². The molecule has 158 valence electrons. The first-order valence-electron chi connectivity index (χ1n) is 9.59. The van der Waals surface area contributed by atoms with Crippen LogP contribution in [0.2, 0.25) is 0 Å². The molecule has 0 unspecified atom stereocenters. The Morgan fingerprint density at radius 3 is 2.57 bits per heavy atom. The topological polar surface area (TPSA) is 101 Å². The van der Waals surface area contributed by atoms with Gasteiger partial charge in [-0.15, -0.1) is 5.10 Å². The van der Waals surface area contributed by atoms with Gasteiger partial charge in [-0.05, 0) is 56.5 Å². The van der Waals surface area contributed by atoms with Gasteiger partial charge in [0.15, 0.2) is 0 Å². The number of hydrazine groups is 1. The number of benzene rings is 1. The van der Waals surface area contributed by atoms with Crippen molar-refractivity contribution in [3.63, 3.8) is 0 Å². The number of hydrogen-bond acceptors (Lipinski definition) is 6. The lowest BCUT2D eigenvalue weighted by atomic mass is 10.1. The van der Waals surface area contributed by atoms with Gasteiger partial charge in [0.1, 0.15) is 5.82 Å². The molecule has 2 aromatic heterocycles. The highest BCUT2D eigenvalue weighted by atomic mass is 32.2. The van der Waals surface area contributed by atoms with Crippen molar-refractivity contribution in [3.05, 3.63) is 52.6 Å². The fraction of sp³-hybridized carbons (Fsp3) is 0.350. The smallest absolute Gasteiger partial charge is 0.269 e. The number of halogens is 1. The van der Waals surface area contributed by atoms with Gasteiger partial charge in [-0.2, -0.15) is 4.98 Å². The third-order valence-electron chi connectivity index (χ3n) is 4.56. The lowest BCUT2D eigenvalue weighted by Crippen LogP contribution is -2.42. The molecule has 10 heteroatoms. The third kappa shape index (κ3) is 5.12. The van der Waals surface area contributed by atoms with E-state index in [0.717, 1.165) is 42.4 Å². The lowest BCUT2D eigenvalue weighted by Gasteiger charge is -2.09. The number of aryl methyl sites for hydroxylation is 2. The normalized spacial score (nSPS) is 10.9. The van der Waals surface area contributed by atoms with Gasteiger partial charge in [0.2, 0.25) is 11.1 Å². The van der Waals surface area contributed by atoms with Gasteiger partial charge in [-0.25, -0.2) is 13.9 Å². The molecular formula is C20H23FN6O2S. The summed E-state index contributed by atoms with van der Waals surface area (Å²) in [5, 5.41) is 4.88. The summed E-state index contributed by atoms with van der Waals surface area (Å²) in [6.07, 6.45) is 3.12. The average molecular weight is 431 g/mol. The number of carbonyl (C=O) groups excluding carboxylic acids is 2. The highest BCUT2D eigenvalue weighted by Gasteiger charge is 2.15. The fourth-order valence-corrected chi connectivity index (χ4v) is 3.55. The summed E-state index contributed by atoms with van der Waals surface area (Å²) >= 11 is 1.15. The molecule has 0 aliphatic carbocycles. The summed E-state index contributed by atoms with van der Waals surface area (Å²) in [4.78, 5) is 32.9. The maximum atomic E-state index is 12.9. The molecule has 0 saturated heterocycles. The Bertz CT molecular complexity index is 1070. The quantitative estimate of drug-likeness (QED) is 0.442. The van der Waals surface area contributed by atoms with E-state index in [0.29, 0.717) is 10.9 Å². The van der Waals surface area contributed by atoms with Crippen LogP contribution in [-0.2, 0) is 11.2 Å². The van der Waals surface area contributed by atoms with Crippen molar-refractivity contribution in [1.82, 2.24) is 30.4 Å². The van der Waals surface area contributed by atoms with Crippen molar-refractivity contribution in [2.75, 3.05) is 5.75 Å². The standard InChI is InChI=1S/C20H23FN6O2S/c1-4-5-6-16-12(2)22-19-23-20(26-27(19)13(16)3)30-11-17(28)24-25-18(29)14-7-9-15(21)10-8-14/h7-10H,4-6,11H2,1-3H3,(H,24,28)(H,25,29). The van der Waals surface area contributed by atoms with Crippen molar-refractivity contribution in [2.24, 2.45) is 0 Å². The van der Waals surface area contributed by atoms with Crippen molar-refractivity contribution in [2.45, 2.75) is 45.2 Å². The zero-order valence-electron chi connectivity index (χ0n) is 17.0. The van der Waals surface area contributed by atoms with E-state index in [9.17, 15) is 14.0 Å². The first kappa shape index (κ1) is 21.7. The fourth-order valence-electron chi connectivity index (χ4n) is 2.93. The Hall–Kier alpha value is -3.01. The van der Waals surface area contributed by atoms with Gasteiger partial charge in [-0.3, -0.25) is 20.4 Å². The molecular weight excluding hydrogens is 407 g/mol. The van der Waals surface area contributed by atoms with E-state index >= 15 is 0 Å². The first-order chi connectivity index (χ1) is 14.4. The maximum absolute atomic E-state index is 12.9. The van der Waals surface area contributed by atoms with Crippen LogP contribution in [0.3, 0.4) is 0 Å². The minimum Gasteiger partial charge on any atom is -0.272 e. The van der Waals surface area contributed by atoms with Gasteiger partial charge in [0.25, 0.3) is 11.7 Å². The maximum Gasteiger partial charge on any atom is 0.269 e. The number of nitrogens with zero attached hydrogens (tertiary/aromatic N) is 4. The van der Waals surface area contributed by atoms with Crippen LogP contribution in [0.4, 0.5) is 4.39 Å². The largest absolute Gasteiger partial charge is 0.272 e. The number of hydrogen-bond donors (Lipinski definition) is 2. The summed E-state index contributed by atoms with van der Waals surface area (Å²) in [6, 6.07) is 5.01. The van der Waals surface area contributed by atoms with Gasteiger partial charge in [0, 0.05) is 17.0 Å². The summed E-state index contributed by atoms with van der Waals surface area (Å²) in [5.74, 6) is -0.878. The number of amides is 2. The van der Waals surface area contributed by atoms with Crippen molar-refractivity contribution < 1.29 is 14.0 Å². The van der Waals surface area contributed by atoms with Crippen LogP contribution in [0.15, 0.2) is 29.4 Å². The SMILES string of the molecule is CCCCc1c(C)nc2nc(SCC(=O)NNC(=O)c3ccc(F)cc3)nn2c1C. The molecule has 1 aromatic carbocycles. The number of carbonyl (C=O) groups is 2. The van der Waals surface area contributed by atoms with E-state index < -0.39 is 17.6 Å². The average Bonchev–Trinajstić information content (AvgIpc) is 3.14. The Balaban J connectivity index is 1.58. The number of unbranched alkanes of at least 4 members (excludes halogenated alkanes) is 1. The summed E-state index contributed by atoms with van der Waals surface area (Å²) in [6.45, 7) is 6.11. The number of rotatable bonds is 7. The van der Waals surface area contributed by atoms with Gasteiger partial charge < -0.3 is 0 Å². The third-order valence-corrected chi connectivity index (χ3v) is 5.40. The summed E-state index contributed by atoms with van der Waals surface area (Å²) in [7, 11) is 0. The monoisotopic (exact) mass is 430 g/mol. The second kappa shape index (κ2) is 9.66. The van der Waals surface area contributed by atoms with E-state index in [4.69, 9.17) is 0 Å². The van der Waals surface area contributed by atoms with Gasteiger partial charge >= 0.3 is 0 Å². The molecule has 3 aromatic rings. The highest BCUT2D eigenvalue weighted by molar-refractivity contribution is 7.99. The molecule has 0 radical (unpaired) electrons. The molecule has 0 spiro atoms. The molecule has 0 aliphatic rings. The molecule has 8 nitrogen and oxygen atoms in total. The Kier molecular flexibility index (Phi) is 6.99. The van der Waals surface area contributed by atoms with E-state index in [2.05, 4.69) is 32.8 Å². The van der Waals surface area contributed by atoms with Crippen LogP contribution in [0, 0.1) is 19.7 Å². The van der Waals surface area contributed by atoms with Crippen LogP contribution in [0.25, 0.3) is 5.78 Å². The predicted molar refractivity (Wildman–Crippen MR) is 112 cm³/mol. The molecule has 0 fully saturated rings.